The highest BCUT2D eigenvalue weighted by Crippen LogP contribution is 2.28. The van der Waals surface area contributed by atoms with Crippen molar-refractivity contribution in [1.29, 1.82) is 0 Å². The number of hydrogen-bond acceptors (Lipinski definition) is 5. The number of para-hydroxylation sites is 2. The van der Waals surface area contributed by atoms with Gasteiger partial charge in [-0.1, -0.05) is 17.3 Å². The van der Waals surface area contributed by atoms with Crippen LogP contribution in [0.5, 0.6) is 5.75 Å². The largest absolute Gasteiger partial charge is 0.495 e. The van der Waals surface area contributed by atoms with Crippen LogP contribution < -0.4 is 9.64 Å². The fraction of sp³-hybridized carbons (Fsp3) is 0.412. The zero-order chi connectivity index (χ0) is 16.4. The van der Waals surface area contributed by atoms with E-state index in [0.717, 1.165) is 30.1 Å². The van der Waals surface area contributed by atoms with Gasteiger partial charge in [-0.2, -0.15) is 0 Å². The predicted molar refractivity (Wildman–Crippen MR) is 87.1 cm³/mol. The molecule has 6 heteroatoms. The molecule has 0 aliphatic carbocycles. The molecule has 122 valence electrons. The third kappa shape index (κ3) is 2.88. The first-order chi connectivity index (χ1) is 11.1. The number of amides is 1. The summed E-state index contributed by atoms with van der Waals surface area (Å²) >= 11 is 0. The lowest BCUT2D eigenvalue weighted by atomic mass is 10.2. The van der Waals surface area contributed by atoms with Crippen LogP contribution in [0.15, 0.2) is 28.8 Å². The Kier molecular flexibility index (Phi) is 4.23. The Labute approximate surface area is 135 Å². The van der Waals surface area contributed by atoms with E-state index >= 15 is 0 Å². The van der Waals surface area contributed by atoms with E-state index in [0.29, 0.717) is 24.5 Å². The summed E-state index contributed by atoms with van der Waals surface area (Å²) in [5.74, 6) is 1.50. The number of piperazine rings is 1. The second-order valence-corrected chi connectivity index (χ2v) is 5.66. The van der Waals surface area contributed by atoms with Gasteiger partial charge in [-0.15, -0.1) is 0 Å². The van der Waals surface area contributed by atoms with E-state index in [1.807, 2.05) is 43.0 Å². The molecule has 1 saturated heterocycles. The summed E-state index contributed by atoms with van der Waals surface area (Å²) in [6.07, 6.45) is 0. The number of methoxy groups -OCH3 is 1. The highest BCUT2D eigenvalue weighted by molar-refractivity contribution is 5.93. The molecule has 2 aromatic rings. The third-order valence-electron chi connectivity index (χ3n) is 4.35. The molecule has 3 rings (SSSR count). The van der Waals surface area contributed by atoms with E-state index < -0.39 is 0 Å². The van der Waals surface area contributed by atoms with Gasteiger partial charge < -0.3 is 19.1 Å². The first-order valence-electron chi connectivity index (χ1n) is 7.72. The summed E-state index contributed by atoms with van der Waals surface area (Å²) in [6.45, 7) is 6.53. The van der Waals surface area contributed by atoms with Crippen molar-refractivity contribution in [1.82, 2.24) is 10.1 Å². The molecule has 0 atom stereocenters. The number of hydrogen-bond donors (Lipinski definition) is 0. The summed E-state index contributed by atoms with van der Waals surface area (Å²) in [5.41, 5.74) is 2.31. The van der Waals surface area contributed by atoms with Crippen LogP contribution in [-0.2, 0) is 0 Å². The van der Waals surface area contributed by atoms with Crippen LogP contribution in [-0.4, -0.2) is 49.3 Å². The Morgan fingerprint density at radius 3 is 2.48 bits per heavy atom. The minimum absolute atomic E-state index is 0.0565. The van der Waals surface area contributed by atoms with Crippen LogP contribution in [0.1, 0.15) is 21.8 Å². The quantitative estimate of drug-likeness (QED) is 0.869. The summed E-state index contributed by atoms with van der Waals surface area (Å²) in [6, 6.07) is 7.95. The molecule has 0 radical (unpaired) electrons. The number of anilines is 1. The smallest absolute Gasteiger partial charge is 0.276 e. The first kappa shape index (κ1) is 15.4. The van der Waals surface area contributed by atoms with Gasteiger partial charge in [0.15, 0.2) is 5.69 Å². The standard InChI is InChI=1S/C17H21N3O3/c1-12-13(2)23-18-16(12)17(21)20-10-8-19(9-11-20)14-6-4-5-7-15(14)22-3/h4-7H,8-11H2,1-3H3. The summed E-state index contributed by atoms with van der Waals surface area (Å²) < 4.78 is 10.5. The molecule has 1 aliphatic rings. The molecule has 1 aromatic heterocycles. The third-order valence-corrected chi connectivity index (χ3v) is 4.35. The summed E-state index contributed by atoms with van der Waals surface area (Å²) in [5, 5.41) is 3.90. The van der Waals surface area contributed by atoms with Crippen molar-refractivity contribution in [3.8, 4) is 5.75 Å². The van der Waals surface area contributed by atoms with Crippen molar-refractivity contribution < 1.29 is 14.1 Å². The van der Waals surface area contributed by atoms with Gasteiger partial charge in [-0.05, 0) is 26.0 Å². The van der Waals surface area contributed by atoms with Crippen LogP contribution in [0, 0.1) is 13.8 Å². The SMILES string of the molecule is COc1ccccc1N1CCN(C(=O)c2noc(C)c2C)CC1. The zero-order valence-electron chi connectivity index (χ0n) is 13.7. The second-order valence-electron chi connectivity index (χ2n) is 5.66. The Bertz CT molecular complexity index is 703. The average Bonchev–Trinajstić information content (AvgIpc) is 2.93. The average molecular weight is 315 g/mol. The molecular weight excluding hydrogens is 294 g/mol. The van der Waals surface area contributed by atoms with Gasteiger partial charge >= 0.3 is 0 Å². The summed E-state index contributed by atoms with van der Waals surface area (Å²) in [4.78, 5) is 16.6. The minimum atomic E-state index is -0.0565. The Balaban J connectivity index is 1.69. The van der Waals surface area contributed by atoms with Gasteiger partial charge in [0.1, 0.15) is 11.5 Å². The Morgan fingerprint density at radius 2 is 1.87 bits per heavy atom. The molecule has 1 aromatic carbocycles. The van der Waals surface area contributed by atoms with Crippen molar-refractivity contribution in [2.45, 2.75) is 13.8 Å². The molecule has 1 aliphatic heterocycles. The number of rotatable bonds is 3. The Hall–Kier alpha value is -2.50. The van der Waals surface area contributed by atoms with E-state index in [4.69, 9.17) is 9.26 Å². The van der Waals surface area contributed by atoms with Crippen molar-refractivity contribution >= 4 is 11.6 Å². The van der Waals surface area contributed by atoms with E-state index in [1.165, 1.54) is 0 Å². The highest BCUT2D eigenvalue weighted by atomic mass is 16.5. The fourth-order valence-electron chi connectivity index (χ4n) is 2.81. The lowest BCUT2D eigenvalue weighted by Crippen LogP contribution is -2.49. The van der Waals surface area contributed by atoms with E-state index in [1.54, 1.807) is 7.11 Å². The van der Waals surface area contributed by atoms with E-state index in [9.17, 15) is 4.79 Å². The number of nitrogens with zero attached hydrogens (tertiary/aromatic N) is 3. The normalized spacial score (nSPS) is 14.9. The van der Waals surface area contributed by atoms with Gasteiger partial charge in [0.2, 0.25) is 0 Å². The van der Waals surface area contributed by atoms with Crippen molar-refractivity contribution in [3.05, 3.63) is 41.3 Å². The van der Waals surface area contributed by atoms with Gasteiger partial charge in [0, 0.05) is 31.7 Å². The van der Waals surface area contributed by atoms with Gasteiger partial charge in [0.25, 0.3) is 5.91 Å². The molecule has 1 fully saturated rings. The predicted octanol–water partition coefficient (Wildman–Crippen LogP) is 2.26. The number of aryl methyl sites for hydroxylation is 1. The van der Waals surface area contributed by atoms with Crippen LogP contribution >= 0.6 is 0 Å². The molecule has 0 saturated carbocycles. The molecule has 0 spiro atoms. The number of carbonyl (C=O) groups is 1. The number of aromatic nitrogens is 1. The molecule has 2 heterocycles. The van der Waals surface area contributed by atoms with Crippen LogP contribution in [0.25, 0.3) is 0 Å². The second kappa shape index (κ2) is 6.32. The molecule has 6 nitrogen and oxygen atoms in total. The number of benzene rings is 1. The molecular formula is C17H21N3O3. The molecule has 0 N–H and O–H groups in total. The van der Waals surface area contributed by atoms with Crippen molar-refractivity contribution in [3.63, 3.8) is 0 Å². The van der Waals surface area contributed by atoms with Crippen molar-refractivity contribution in [2.24, 2.45) is 0 Å². The fourth-order valence-corrected chi connectivity index (χ4v) is 2.81. The molecule has 1 amide bonds. The molecule has 23 heavy (non-hydrogen) atoms. The topological polar surface area (TPSA) is 58.8 Å². The maximum Gasteiger partial charge on any atom is 0.276 e. The first-order valence-corrected chi connectivity index (χ1v) is 7.72. The summed E-state index contributed by atoms with van der Waals surface area (Å²) in [7, 11) is 1.67. The van der Waals surface area contributed by atoms with Crippen LogP contribution in [0.4, 0.5) is 5.69 Å². The van der Waals surface area contributed by atoms with Gasteiger partial charge in [-0.25, -0.2) is 0 Å². The zero-order valence-corrected chi connectivity index (χ0v) is 13.7. The monoisotopic (exact) mass is 315 g/mol. The number of carbonyl (C=O) groups excluding carboxylic acids is 1. The molecule has 0 unspecified atom stereocenters. The lowest BCUT2D eigenvalue weighted by molar-refractivity contribution is 0.0735. The van der Waals surface area contributed by atoms with Crippen LogP contribution in [0.2, 0.25) is 0 Å². The maximum atomic E-state index is 12.6. The van der Waals surface area contributed by atoms with E-state index in [2.05, 4.69) is 10.1 Å². The Morgan fingerprint density at radius 1 is 1.17 bits per heavy atom. The van der Waals surface area contributed by atoms with E-state index in [-0.39, 0.29) is 5.91 Å². The molecule has 0 bridgehead atoms. The highest BCUT2D eigenvalue weighted by Gasteiger charge is 2.27. The van der Waals surface area contributed by atoms with Crippen molar-refractivity contribution in [2.75, 3.05) is 38.2 Å². The maximum absolute atomic E-state index is 12.6. The van der Waals surface area contributed by atoms with Gasteiger partial charge in [0.05, 0.1) is 12.8 Å². The lowest BCUT2D eigenvalue weighted by Gasteiger charge is -2.36. The number of ether oxygens (including phenoxy) is 1. The van der Waals surface area contributed by atoms with Crippen LogP contribution in [0.3, 0.4) is 0 Å². The van der Waals surface area contributed by atoms with Gasteiger partial charge in [-0.3, -0.25) is 4.79 Å². The minimum Gasteiger partial charge on any atom is -0.495 e.